The fourth-order valence-electron chi connectivity index (χ4n) is 4.87. The normalized spacial score (nSPS) is 20.8. The van der Waals surface area contributed by atoms with Crippen molar-refractivity contribution in [3.8, 4) is 11.5 Å². The van der Waals surface area contributed by atoms with Gasteiger partial charge in [0, 0.05) is 36.2 Å². The topological polar surface area (TPSA) is 122 Å². The molecular weight excluding hydrogens is 523 g/mol. The Balaban J connectivity index is 1.18. The minimum Gasteiger partial charge on any atom is -0.445 e. The lowest BCUT2D eigenvalue weighted by Gasteiger charge is -2.30. The fraction of sp³-hybridized carbons (Fsp3) is 0.393. The molecule has 0 spiro atoms. The van der Waals surface area contributed by atoms with E-state index in [1.54, 1.807) is 30.5 Å². The molecule has 1 aromatic heterocycles. The average Bonchev–Trinajstić information content (AvgIpc) is 3.49. The summed E-state index contributed by atoms with van der Waals surface area (Å²) in [4.78, 5) is 32.0. The number of aromatic nitrogens is 1. The summed E-state index contributed by atoms with van der Waals surface area (Å²) in [5.74, 6) is -0.268. The molecule has 1 saturated carbocycles. The third kappa shape index (κ3) is 6.90. The van der Waals surface area contributed by atoms with E-state index < -0.39 is 15.9 Å². The molecule has 2 fully saturated rings. The molecule has 2 N–H and O–H groups in total. The second-order valence-electron chi connectivity index (χ2n) is 10.0. The summed E-state index contributed by atoms with van der Waals surface area (Å²) >= 11 is 0. The number of benzene rings is 2. The lowest BCUT2D eigenvalue weighted by atomic mass is 10.1. The summed E-state index contributed by atoms with van der Waals surface area (Å²) in [6.45, 7) is 0.900. The van der Waals surface area contributed by atoms with E-state index in [0.29, 0.717) is 42.8 Å². The molecule has 1 saturated heterocycles. The van der Waals surface area contributed by atoms with E-state index in [0.717, 1.165) is 17.5 Å². The number of rotatable bonds is 10. The van der Waals surface area contributed by atoms with Gasteiger partial charge in [0.05, 0.1) is 17.7 Å². The van der Waals surface area contributed by atoms with Crippen molar-refractivity contribution in [1.82, 2.24) is 20.5 Å². The fourth-order valence-corrected chi connectivity index (χ4v) is 6.08. The monoisotopic (exact) mass is 554 g/mol. The van der Waals surface area contributed by atoms with Gasteiger partial charge in [-0.1, -0.05) is 12.1 Å². The summed E-state index contributed by atoms with van der Waals surface area (Å²) in [5, 5.41) is 6.35. The number of amides is 2. The van der Waals surface area contributed by atoms with E-state index in [9.17, 15) is 22.4 Å². The van der Waals surface area contributed by atoms with Crippen LogP contribution in [0.5, 0.6) is 0 Å². The van der Waals surface area contributed by atoms with E-state index >= 15 is 0 Å². The summed E-state index contributed by atoms with van der Waals surface area (Å²) < 4.78 is 42.2. The molecule has 2 amide bonds. The lowest BCUT2D eigenvalue weighted by molar-refractivity contribution is -0.133. The molecule has 2 heterocycles. The smallest absolute Gasteiger partial charge is 0.251 e. The Kier molecular flexibility index (Phi) is 8.08. The second-order valence-corrected chi connectivity index (χ2v) is 12.3. The van der Waals surface area contributed by atoms with Crippen LogP contribution in [0.2, 0.25) is 0 Å². The molecule has 3 atom stereocenters. The van der Waals surface area contributed by atoms with Gasteiger partial charge < -0.3 is 20.0 Å². The Morgan fingerprint density at radius 1 is 1.08 bits per heavy atom. The molecular formula is C28H31FN4O5S. The Hall–Kier alpha value is -3.57. The number of carbonyl (C=O) groups excluding carboxylic acids is 2. The lowest BCUT2D eigenvalue weighted by Crippen LogP contribution is -2.53. The SMILES string of the molecule is O=C(N[C@@H](CCCN[C@@H]1C[C@H]1c1ccc(F)cc1)C(=O)N1CCS(=O)(=O)CC1)c1ccc(-c2ncco2)cc1. The average molecular weight is 555 g/mol. The van der Waals surface area contributed by atoms with Crippen LogP contribution < -0.4 is 10.6 Å². The van der Waals surface area contributed by atoms with Crippen molar-refractivity contribution in [2.45, 2.75) is 37.3 Å². The van der Waals surface area contributed by atoms with Gasteiger partial charge in [-0.15, -0.1) is 0 Å². The molecule has 11 heteroatoms. The zero-order chi connectivity index (χ0) is 27.4. The van der Waals surface area contributed by atoms with Crippen molar-refractivity contribution < 1.29 is 26.8 Å². The predicted molar refractivity (Wildman–Crippen MR) is 143 cm³/mol. The number of oxazole rings is 1. The van der Waals surface area contributed by atoms with E-state index in [4.69, 9.17) is 4.42 Å². The van der Waals surface area contributed by atoms with Crippen LogP contribution in [0.4, 0.5) is 4.39 Å². The van der Waals surface area contributed by atoms with Gasteiger partial charge in [0.1, 0.15) is 18.1 Å². The van der Waals surface area contributed by atoms with Gasteiger partial charge in [0.2, 0.25) is 11.8 Å². The molecule has 206 valence electrons. The maximum Gasteiger partial charge on any atom is 0.251 e. The molecule has 3 aromatic rings. The largest absolute Gasteiger partial charge is 0.445 e. The minimum atomic E-state index is -3.14. The number of carbonyl (C=O) groups is 2. The summed E-state index contributed by atoms with van der Waals surface area (Å²) in [6.07, 6.45) is 5.02. The van der Waals surface area contributed by atoms with Crippen LogP contribution in [-0.2, 0) is 14.6 Å². The highest BCUT2D eigenvalue weighted by Gasteiger charge is 2.38. The van der Waals surface area contributed by atoms with Gasteiger partial charge in [-0.3, -0.25) is 9.59 Å². The van der Waals surface area contributed by atoms with E-state index in [2.05, 4.69) is 15.6 Å². The van der Waals surface area contributed by atoms with Crippen molar-refractivity contribution in [1.29, 1.82) is 0 Å². The summed E-state index contributed by atoms with van der Waals surface area (Å²) in [5.41, 5.74) is 2.22. The molecule has 2 aliphatic rings. The third-order valence-corrected chi connectivity index (χ3v) is 8.86. The molecule has 5 rings (SSSR count). The van der Waals surface area contributed by atoms with Crippen LogP contribution in [0, 0.1) is 5.82 Å². The Morgan fingerprint density at radius 2 is 1.79 bits per heavy atom. The van der Waals surface area contributed by atoms with E-state index in [-0.39, 0.29) is 42.2 Å². The van der Waals surface area contributed by atoms with Crippen LogP contribution in [-0.4, -0.2) is 73.3 Å². The zero-order valence-corrected chi connectivity index (χ0v) is 22.2. The first kappa shape index (κ1) is 27.0. The molecule has 1 aliphatic carbocycles. The number of nitrogens with one attached hydrogen (secondary N) is 2. The van der Waals surface area contributed by atoms with Gasteiger partial charge in [-0.05, 0) is 67.8 Å². The number of hydrogen-bond donors (Lipinski definition) is 2. The maximum absolute atomic E-state index is 13.3. The van der Waals surface area contributed by atoms with Crippen LogP contribution in [0.1, 0.15) is 41.1 Å². The van der Waals surface area contributed by atoms with Crippen molar-refractivity contribution in [3.05, 3.63) is 77.9 Å². The van der Waals surface area contributed by atoms with Gasteiger partial charge in [0.15, 0.2) is 9.84 Å². The van der Waals surface area contributed by atoms with Gasteiger partial charge in [-0.2, -0.15) is 0 Å². The maximum atomic E-state index is 13.3. The Labute approximate surface area is 226 Å². The van der Waals surface area contributed by atoms with Gasteiger partial charge >= 0.3 is 0 Å². The first-order chi connectivity index (χ1) is 18.8. The van der Waals surface area contributed by atoms with Crippen LogP contribution >= 0.6 is 0 Å². The molecule has 0 unspecified atom stereocenters. The highest BCUT2D eigenvalue weighted by Crippen LogP contribution is 2.40. The van der Waals surface area contributed by atoms with Crippen LogP contribution in [0.3, 0.4) is 0 Å². The summed E-state index contributed by atoms with van der Waals surface area (Å²) in [7, 11) is -3.14. The Morgan fingerprint density at radius 3 is 2.46 bits per heavy atom. The molecule has 0 radical (unpaired) electrons. The molecule has 0 bridgehead atoms. The van der Waals surface area contributed by atoms with Gasteiger partial charge in [-0.25, -0.2) is 17.8 Å². The molecule has 1 aliphatic heterocycles. The van der Waals surface area contributed by atoms with Crippen molar-refractivity contribution in [2.24, 2.45) is 0 Å². The highest BCUT2D eigenvalue weighted by molar-refractivity contribution is 7.91. The summed E-state index contributed by atoms with van der Waals surface area (Å²) in [6, 6.07) is 12.8. The number of nitrogens with zero attached hydrogens (tertiary/aromatic N) is 2. The Bertz CT molecular complexity index is 1380. The highest BCUT2D eigenvalue weighted by atomic mass is 32.2. The predicted octanol–water partition coefficient (Wildman–Crippen LogP) is 2.76. The third-order valence-electron chi connectivity index (χ3n) is 7.25. The first-order valence-corrected chi connectivity index (χ1v) is 14.9. The number of hydrogen-bond acceptors (Lipinski definition) is 7. The van der Waals surface area contributed by atoms with Crippen molar-refractivity contribution in [2.75, 3.05) is 31.1 Å². The van der Waals surface area contributed by atoms with Crippen LogP contribution in [0.25, 0.3) is 11.5 Å². The standard InChI is InChI=1S/C28H31FN4O5S/c29-22-9-7-19(8-10-22)23-18-25(23)30-11-1-2-24(28(35)33-13-16-39(36,37)17-14-33)32-26(34)20-3-5-21(6-4-20)27-31-12-15-38-27/h3-10,12,15,23-25,30H,1-2,11,13-14,16-18H2,(H,32,34)/t23-,24-,25+/m0/s1. The van der Waals surface area contributed by atoms with Gasteiger partial charge in [0.25, 0.3) is 5.91 Å². The minimum absolute atomic E-state index is 0.0737. The molecule has 39 heavy (non-hydrogen) atoms. The van der Waals surface area contributed by atoms with Crippen molar-refractivity contribution in [3.63, 3.8) is 0 Å². The van der Waals surface area contributed by atoms with E-state index in [1.165, 1.54) is 23.3 Å². The molecule has 2 aromatic carbocycles. The second kappa shape index (κ2) is 11.7. The molecule has 9 nitrogen and oxygen atoms in total. The van der Waals surface area contributed by atoms with Crippen LogP contribution in [0.15, 0.2) is 65.4 Å². The number of halogens is 1. The number of sulfone groups is 1. The zero-order valence-electron chi connectivity index (χ0n) is 21.4. The van der Waals surface area contributed by atoms with E-state index in [1.807, 2.05) is 12.1 Å². The quantitative estimate of drug-likeness (QED) is 0.370. The van der Waals surface area contributed by atoms with Crippen molar-refractivity contribution >= 4 is 21.7 Å². The first-order valence-electron chi connectivity index (χ1n) is 13.1.